The zero-order valence-corrected chi connectivity index (χ0v) is 7.79. The molecule has 0 aliphatic rings. The molecule has 2 heteroatoms. The Kier molecular flexibility index (Phi) is 4.59. The number of aliphatic hydroxyl groups is 1. The quantitative estimate of drug-likeness (QED) is 0.478. The van der Waals surface area contributed by atoms with Crippen molar-refractivity contribution in [3.05, 3.63) is 0 Å². The molecule has 0 saturated carbocycles. The predicted octanol–water partition coefficient (Wildman–Crippen LogP) is 1.41. The number of hydrogen-bond donors (Lipinski definition) is 1. The first-order valence-corrected chi connectivity index (χ1v) is 6.21. The van der Waals surface area contributed by atoms with E-state index in [2.05, 4.69) is 29.9 Å². The molecule has 0 aliphatic carbocycles. The van der Waals surface area contributed by atoms with E-state index in [1.807, 2.05) is 0 Å². The first kappa shape index (κ1) is 9.87. The zero-order valence-electron chi connectivity index (χ0n) is 6.98. The Labute approximate surface area is 65.1 Å². The minimum Gasteiger partial charge on any atom is -0.396 e. The summed E-state index contributed by atoms with van der Waals surface area (Å²) in [5.74, 6) is 3.05. The molecule has 0 aliphatic heterocycles. The number of unbranched alkanes of at least 4 members (excludes halogenated alkanes) is 1. The molecule has 1 nitrogen and oxygen atoms in total. The Morgan fingerprint density at radius 3 is 2.30 bits per heavy atom. The van der Waals surface area contributed by atoms with Crippen molar-refractivity contribution < 1.29 is 5.11 Å². The van der Waals surface area contributed by atoms with E-state index in [4.69, 9.17) is 5.11 Å². The topological polar surface area (TPSA) is 20.2 Å². The van der Waals surface area contributed by atoms with Crippen LogP contribution in [0.3, 0.4) is 0 Å². The van der Waals surface area contributed by atoms with Gasteiger partial charge in [-0.15, -0.1) is 0 Å². The summed E-state index contributed by atoms with van der Waals surface area (Å²) in [7, 11) is -0.647. The maximum atomic E-state index is 8.43. The molecule has 0 saturated heterocycles. The van der Waals surface area contributed by atoms with Gasteiger partial charge in [0.05, 0.1) is 0 Å². The monoisotopic (exact) mass is 160 g/mol. The van der Waals surface area contributed by atoms with Gasteiger partial charge in [0.2, 0.25) is 0 Å². The van der Waals surface area contributed by atoms with Gasteiger partial charge in [-0.3, -0.25) is 0 Å². The van der Waals surface area contributed by atoms with Crippen LogP contribution in [0.5, 0.6) is 0 Å². The van der Waals surface area contributed by atoms with Gasteiger partial charge in [0.25, 0.3) is 0 Å². The minimum absolute atomic E-state index is 0.258. The molecule has 0 radical (unpaired) electrons. The standard InChI is InChI=1S/C8H16OS/c1-10(2,3)8-6-4-5-7-9/h9H,4-5,7H2,1-3H3. The Hall–Kier alpha value is -0.130. The Morgan fingerprint density at radius 2 is 1.90 bits per heavy atom. The predicted molar refractivity (Wildman–Crippen MR) is 49.5 cm³/mol. The fourth-order valence-electron chi connectivity index (χ4n) is 0.435. The fourth-order valence-corrected chi connectivity index (χ4v) is 0.970. The van der Waals surface area contributed by atoms with Crippen LogP contribution in [0, 0.1) is 11.2 Å². The second kappa shape index (κ2) is 4.65. The van der Waals surface area contributed by atoms with Crippen LogP contribution in [0.15, 0.2) is 0 Å². The average molecular weight is 160 g/mol. The molecule has 0 bridgehead atoms. The van der Waals surface area contributed by atoms with Gasteiger partial charge in [-0.05, 0) is 25.2 Å². The van der Waals surface area contributed by atoms with Gasteiger partial charge < -0.3 is 5.11 Å². The van der Waals surface area contributed by atoms with E-state index >= 15 is 0 Å². The molecule has 0 aromatic rings. The third kappa shape index (κ3) is 7.87. The van der Waals surface area contributed by atoms with Gasteiger partial charge >= 0.3 is 0 Å². The lowest BCUT2D eigenvalue weighted by molar-refractivity contribution is 0.290. The highest BCUT2D eigenvalue weighted by Crippen LogP contribution is 2.32. The van der Waals surface area contributed by atoms with Crippen LogP contribution in [-0.4, -0.2) is 30.5 Å². The van der Waals surface area contributed by atoms with Crippen LogP contribution in [0.4, 0.5) is 0 Å². The van der Waals surface area contributed by atoms with Crippen molar-refractivity contribution in [2.24, 2.45) is 0 Å². The van der Waals surface area contributed by atoms with Gasteiger partial charge in [0, 0.05) is 13.0 Å². The lowest BCUT2D eigenvalue weighted by atomic mass is 10.3. The van der Waals surface area contributed by atoms with Crippen molar-refractivity contribution in [2.75, 3.05) is 25.4 Å². The highest BCUT2D eigenvalue weighted by atomic mass is 32.3. The summed E-state index contributed by atoms with van der Waals surface area (Å²) in [6.07, 6.45) is 8.14. The number of rotatable bonds is 2. The largest absolute Gasteiger partial charge is 0.396 e. The lowest BCUT2D eigenvalue weighted by Crippen LogP contribution is -1.85. The van der Waals surface area contributed by atoms with Crippen molar-refractivity contribution in [1.82, 2.24) is 0 Å². The summed E-state index contributed by atoms with van der Waals surface area (Å²) < 4.78 is 0. The smallest absolute Gasteiger partial charge is 0.0440 e. The molecular formula is C8H16OS. The maximum absolute atomic E-state index is 8.43. The summed E-state index contributed by atoms with van der Waals surface area (Å²) in [6, 6.07) is 0. The van der Waals surface area contributed by atoms with Gasteiger partial charge in [0.15, 0.2) is 0 Å². The van der Waals surface area contributed by atoms with Crippen molar-refractivity contribution in [2.45, 2.75) is 12.8 Å². The van der Waals surface area contributed by atoms with Gasteiger partial charge in [-0.1, -0.05) is 11.2 Å². The molecule has 0 aromatic carbocycles. The average Bonchev–Trinajstić information content (AvgIpc) is 1.78. The Balaban J connectivity index is 3.50. The summed E-state index contributed by atoms with van der Waals surface area (Å²) in [6.45, 7) is 0.258. The Bertz CT molecular complexity index is 136. The van der Waals surface area contributed by atoms with Crippen LogP contribution in [-0.2, 0) is 0 Å². The fraction of sp³-hybridized carbons (Fsp3) is 0.750. The first-order valence-electron chi connectivity index (χ1n) is 3.35. The third-order valence-corrected chi connectivity index (χ3v) is 1.59. The van der Waals surface area contributed by atoms with E-state index in [0.717, 1.165) is 12.8 Å². The molecule has 0 aromatic heterocycles. The number of aliphatic hydroxyl groups excluding tert-OH is 1. The highest BCUT2D eigenvalue weighted by molar-refractivity contribution is 8.35. The van der Waals surface area contributed by atoms with Crippen molar-refractivity contribution in [3.8, 4) is 11.2 Å². The second-order valence-corrected chi connectivity index (χ2v) is 6.82. The summed E-state index contributed by atoms with van der Waals surface area (Å²) in [4.78, 5) is 0. The Morgan fingerprint density at radius 1 is 1.30 bits per heavy atom. The first-order chi connectivity index (χ1) is 4.56. The van der Waals surface area contributed by atoms with Gasteiger partial charge in [-0.25, -0.2) is 0 Å². The van der Waals surface area contributed by atoms with E-state index in [1.54, 1.807) is 0 Å². The number of hydrogen-bond acceptors (Lipinski definition) is 1. The summed E-state index contributed by atoms with van der Waals surface area (Å²) >= 11 is 0. The molecular weight excluding hydrogens is 144 g/mol. The van der Waals surface area contributed by atoms with Crippen LogP contribution in [0.2, 0.25) is 0 Å². The van der Waals surface area contributed by atoms with Crippen LogP contribution < -0.4 is 0 Å². The lowest BCUT2D eigenvalue weighted by Gasteiger charge is -2.14. The van der Waals surface area contributed by atoms with E-state index in [9.17, 15) is 0 Å². The summed E-state index contributed by atoms with van der Waals surface area (Å²) in [5, 5.41) is 11.6. The van der Waals surface area contributed by atoms with Gasteiger partial charge in [0.1, 0.15) is 0 Å². The van der Waals surface area contributed by atoms with E-state index in [0.29, 0.717) is 0 Å². The molecule has 60 valence electrons. The third-order valence-electron chi connectivity index (χ3n) is 0.838. The molecule has 0 unspecified atom stereocenters. The molecule has 0 spiro atoms. The molecule has 10 heavy (non-hydrogen) atoms. The minimum atomic E-state index is -0.647. The van der Waals surface area contributed by atoms with Crippen molar-refractivity contribution in [3.63, 3.8) is 0 Å². The van der Waals surface area contributed by atoms with E-state index < -0.39 is 10.0 Å². The van der Waals surface area contributed by atoms with Crippen LogP contribution in [0.25, 0.3) is 0 Å². The van der Waals surface area contributed by atoms with Gasteiger partial charge in [-0.2, -0.15) is 10.0 Å². The van der Waals surface area contributed by atoms with Crippen LogP contribution >= 0.6 is 10.0 Å². The maximum Gasteiger partial charge on any atom is 0.0440 e. The highest BCUT2D eigenvalue weighted by Gasteiger charge is 1.94. The van der Waals surface area contributed by atoms with E-state index in [1.165, 1.54) is 0 Å². The molecule has 0 rings (SSSR count). The second-order valence-electron chi connectivity index (χ2n) is 2.94. The molecule has 1 N–H and O–H groups in total. The zero-order chi connectivity index (χ0) is 8.04. The molecule has 0 fully saturated rings. The van der Waals surface area contributed by atoms with Crippen molar-refractivity contribution in [1.29, 1.82) is 0 Å². The van der Waals surface area contributed by atoms with Crippen molar-refractivity contribution >= 4 is 10.0 Å². The molecule has 0 heterocycles. The summed E-state index contributed by atoms with van der Waals surface area (Å²) in [5.41, 5.74) is 0. The molecule has 0 amide bonds. The normalized spacial score (nSPS) is 12.0. The van der Waals surface area contributed by atoms with E-state index in [-0.39, 0.29) is 6.61 Å². The molecule has 0 atom stereocenters. The SMILES string of the molecule is CS(C)(C)C#CCCCO. The van der Waals surface area contributed by atoms with Crippen LogP contribution in [0.1, 0.15) is 12.8 Å².